The van der Waals surface area contributed by atoms with Gasteiger partial charge in [-0.25, -0.2) is 0 Å². The van der Waals surface area contributed by atoms with Gasteiger partial charge in [-0.3, -0.25) is 14.4 Å². The summed E-state index contributed by atoms with van der Waals surface area (Å²) in [5, 5.41) is 2.82. The highest BCUT2D eigenvalue weighted by Crippen LogP contribution is 2.27. The van der Waals surface area contributed by atoms with Crippen molar-refractivity contribution in [2.45, 2.75) is 19.8 Å². The fraction of sp³-hybridized carbons (Fsp3) is 0.211. The molecule has 1 aliphatic rings. The molecule has 1 aliphatic carbocycles. The number of hydrogen-bond donors (Lipinski definition) is 1. The lowest BCUT2D eigenvalue weighted by Crippen LogP contribution is -2.26. The maximum atomic E-state index is 12.6. The molecule has 0 saturated heterocycles. The number of carbonyl (C=O) groups is 3. The Balaban J connectivity index is 1.96. The zero-order chi connectivity index (χ0) is 16.4. The Hall–Kier alpha value is -2.75. The molecular formula is C19H17NO3. The van der Waals surface area contributed by atoms with Crippen LogP contribution in [0.5, 0.6) is 0 Å². The first-order valence-corrected chi connectivity index (χ1v) is 7.74. The minimum atomic E-state index is -0.222. The first-order valence-electron chi connectivity index (χ1n) is 7.74. The number of carbonyl (C=O) groups excluding carboxylic acids is 3. The predicted molar refractivity (Wildman–Crippen MR) is 87.0 cm³/mol. The predicted octanol–water partition coefficient (Wildman–Crippen LogP) is 2.99. The van der Waals surface area contributed by atoms with E-state index < -0.39 is 0 Å². The standard InChI is InChI=1S/C19H17NO3/c1-2-3-10-20-19(23)12-8-9-15-16(11-12)18(22)14-7-5-4-6-13(14)17(15)21/h4-9,11H,2-3,10H2,1H3,(H,20,23). The minimum absolute atomic E-state index is 0.173. The molecule has 1 amide bonds. The molecule has 3 rings (SSSR count). The van der Waals surface area contributed by atoms with Crippen molar-refractivity contribution >= 4 is 17.5 Å². The van der Waals surface area contributed by atoms with Gasteiger partial charge in [0.2, 0.25) is 0 Å². The summed E-state index contributed by atoms with van der Waals surface area (Å²) in [4.78, 5) is 37.2. The van der Waals surface area contributed by atoms with Crippen molar-refractivity contribution in [3.8, 4) is 0 Å². The van der Waals surface area contributed by atoms with Crippen molar-refractivity contribution < 1.29 is 14.4 Å². The largest absolute Gasteiger partial charge is 0.352 e. The number of benzene rings is 2. The van der Waals surface area contributed by atoms with E-state index in [-0.39, 0.29) is 17.5 Å². The minimum Gasteiger partial charge on any atom is -0.352 e. The number of unbranched alkanes of at least 4 members (excludes halogenated alkanes) is 1. The Morgan fingerprint density at radius 2 is 1.52 bits per heavy atom. The molecule has 2 aromatic rings. The summed E-state index contributed by atoms with van der Waals surface area (Å²) in [7, 11) is 0. The highest BCUT2D eigenvalue weighted by atomic mass is 16.2. The van der Waals surface area contributed by atoms with Crippen molar-refractivity contribution in [1.29, 1.82) is 0 Å². The summed E-state index contributed by atoms with van der Waals surface area (Å²) in [5.41, 5.74) is 1.88. The van der Waals surface area contributed by atoms with Crippen molar-refractivity contribution in [1.82, 2.24) is 5.32 Å². The fourth-order valence-electron chi connectivity index (χ4n) is 2.72. The van der Waals surface area contributed by atoms with E-state index >= 15 is 0 Å². The summed E-state index contributed by atoms with van der Waals surface area (Å²) in [6.07, 6.45) is 1.90. The Kier molecular flexibility index (Phi) is 4.06. The van der Waals surface area contributed by atoms with Gasteiger partial charge >= 0.3 is 0 Å². The van der Waals surface area contributed by atoms with Crippen molar-refractivity contribution in [2.75, 3.05) is 6.54 Å². The molecule has 0 saturated carbocycles. The fourth-order valence-corrected chi connectivity index (χ4v) is 2.72. The van der Waals surface area contributed by atoms with Crippen LogP contribution in [0.3, 0.4) is 0 Å². The first kappa shape index (κ1) is 15.2. The summed E-state index contributed by atoms with van der Waals surface area (Å²) in [5.74, 6) is -0.605. The monoisotopic (exact) mass is 307 g/mol. The van der Waals surface area contributed by atoms with E-state index in [1.165, 1.54) is 6.07 Å². The summed E-state index contributed by atoms with van der Waals surface area (Å²) in [6, 6.07) is 11.5. The molecule has 0 aromatic heterocycles. The number of fused-ring (bicyclic) bond motifs is 2. The van der Waals surface area contributed by atoms with Crippen LogP contribution < -0.4 is 5.32 Å². The van der Waals surface area contributed by atoms with Crippen molar-refractivity contribution in [3.05, 3.63) is 70.3 Å². The van der Waals surface area contributed by atoms with E-state index in [2.05, 4.69) is 5.32 Å². The number of hydrogen-bond acceptors (Lipinski definition) is 3. The normalized spacial score (nSPS) is 12.6. The highest BCUT2D eigenvalue weighted by Gasteiger charge is 2.29. The van der Waals surface area contributed by atoms with Gasteiger partial charge in [-0.05, 0) is 24.6 Å². The third-order valence-corrected chi connectivity index (χ3v) is 4.00. The molecular weight excluding hydrogens is 290 g/mol. The van der Waals surface area contributed by atoms with Crippen LogP contribution in [-0.4, -0.2) is 24.0 Å². The van der Waals surface area contributed by atoms with Gasteiger partial charge in [0.25, 0.3) is 5.91 Å². The average molecular weight is 307 g/mol. The maximum absolute atomic E-state index is 12.6. The van der Waals surface area contributed by atoms with E-state index in [4.69, 9.17) is 0 Å². The van der Waals surface area contributed by atoms with Crippen LogP contribution in [0.15, 0.2) is 42.5 Å². The molecule has 0 spiro atoms. The molecule has 23 heavy (non-hydrogen) atoms. The second kappa shape index (κ2) is 6.16. The molecule has 0 aliphatic heterocycles. The summed E-state index contributed by atoms with van der Waals surface area (Å²) < 4.78 is 0. The van der Waals surface area contributed by atoms with Gasteiger partial charge < -0.3 is 5.32 Å². The lowest BCUT2D eigenvalue weighted by molar-refractivity contribution is 0.0950. The molecule has 4 heteroatoms. The number of ketones is 2. The Labute approximate surface area is 134 Å². The Bertz CT molecular complexity index is 808. The Morgan fingerprint density at radius 3 is 2.17 bits per heavy atom. The van der Waals surface area contributed by atoms with Gasteiger partial charge in [0.1, 0.15) is 0 Å². The molecule has 0 heterocycles. The highest BCUT2D eigenvalue weighted by molar-refractivity contribution is 6.28. The van der Waals surface area contributed by atoms with Crippen molar-refractivity contribution in [2.24, 2.45) is 0 Å². The zero-order valence-corrected chi connectivity index (χ0v) is 12.9. The van der Waals surface area contributed by atoms with Crippen LogP contribution in [0, 0.1) is 0 Å². The molecule has 0 atom stereocenters. The van der Waals surface area contributed by atoms with Crippen LogP contribution in [0.25, 0.3) is 0 Å². The lowest BCUT2D eigenvalue weighted by atomic mass is 9.83. The van der Waals surface area contributed by atoms with Crippen LogP contribution in [0.1, 0.15) is 62.0 Å². The second-order valence-electron chi connectivity index (χ2n) is 5.57. The van der Waals surface area contributed by atoms with Crippen LogP contribution in [-0.2, 0) is 0 Å². The number of amides is 1. The molecule has 4 nitrogen and oxygen atoms in total. The molecule has 2 aromatic carbocycles. The molecule has 0 radical (unpaired) electrons. The third-order valence-electron chi connectivity index (χ3n) is 4.00. The topological polar surface area (TPSA) is 63.2 Å². The number of rotatable bonds is 4. The van der Waals surface area contributed by atoms with E-state index in [1.54, 1.807) is 36.4 Å². The third kappa shape index (κ3) is 2.68. The van der Waals surface area contributed by atoms with Crippen LogP contribution in [0.2, 0.25) is 0 Å². The van der Waals surface area contributed by atoms with Gasteiger partial charge in [-0.2, -0.15) is 0 Å². The van der Waals surface area contributed by atoms with E-state index in [0.717, 1.165) is 12.8 Å². The van der Waals surface area contributed by atoms with Gasteiger partial charge in [-0.15, -0.1) is 0 Å². The molecule has 1 N–H and O–H groups in total. The van der Waals surface area contributed by atoms with E-state index in [1.807, 2.05) is 6.92 Å². The SMILES string of the molecule is CCCCNC(=O)c1ccc2c(c1)C(=O)c1ccccc1C2=O. The molecule has 116 valence electrons. The van der Waals surface area contributed by atoms with Crippen molar-refractivity contribution in [3.63, 3.8) is 0 Å². The Morgan fingerprint density at radius 1 is 0.913 bits per heavy atom. The second-order valence-corrected chi connectivity index (χ2v) is 5.57. The van der Waals surface area contributed by atoms with Gasteiger partial charge in [-0.1, -0.05) is 37.6 Å². The average Bonchev–Trinajstić information content (AvgIpc) is 2.59. The lowest BCUT2D eigenvalue weighted by Gasteiger charge is -2.17. The van der Waals surface area contributed by atoms with Crippen LogP contribution >= 0.6 is 0 Å². The quantitative estimate of drug-likeness (QED) is 0.754. The smallest absolute Gasteiger partial charge is 0.251 e. The van der Waals surface area contributed by atoms with E-state index in [0.29, 0.717) is 34.4 Å². The van der Waals surface area contributed by atoms with Crippen LogP contribution in [0.4, 0.5) is 0 Å². The van der Waals surface area contributed by atoms with E-state index in [9.17, 15) is 14.4 Å². The summed E-state index contributed by atoms with van der Waals surface area (Å²) >= 11 is 0. The maximum Gasteiger partial charge on any atom is 0.251 e. The number of nitrogens with one attached hydrogen (secondary N) is 1. The van der Waals surface area contributed by atoms with Gasteiger partial charge in [0.05, 0.1) is 0 Å². The molecule has 0 bridgehead atoms. The van der Waals surface area contributed by atoms with Gasteiger partial charge in [0.15, 0.2) is 11.6 Å². The molecule has 0 fully saturated rings. The van der Waals surface area contributed by atoms with Gasteiger partial charge in [0, 0.05) is 34.4 Å². The molecule has 0 unspecified atom stereocenters. The zero-order valence-electron chi connectivity index (χ0n) is 12.9. The first-order chi connectivity index (χ1) is 11.1. The summed E-state index contributed by atoms with van der Waals surface area (Å²) in [6.45, 7) is 2.65.